The Hall–Kier alpha value is -1.58. The Kier molecular flexibility index (Phi) is 4.51. The third kappa shape index (κ3) is 3.50. The van der Waals surface area contributed by atoms with Crippen LogP contribution in [0.15, 0.2) is 47.3 Å². The zero-order valence-electron chi connectivity index (χ0n) is 11.8. The Morgan fingerprint density at radius 1 is 1.05 bits per heavy atom. The summed E-state index contributed by atoms with van der Waals surface area (Å²) >= 11 is 0. The fourth-order valence-electron chi connectivity index (χ4n) is 2.80. The van der Waals surface area contributed by atoms with Crippen LogP contribution in [0, 0.1) is 0 Å². The van der Waals surface area contributed by atoms with E-state index in [1.807, 2.05) is 6.07 Å². The molecule has 1 N–H and O–H groups in total. The van der Waals surface area contributed by atoms with Crippen molar-refractivity contribution in [1.82, 2.24) is 10.2 Å². The first-order valence-corrected chi connectivity index (χ1v) is 7.43. The fraction of sp³-hybridized carbons (Fsp3) is 0.412. The van der Waals surface area contributed by atoms with Gasteiger partial charge >= 0.3 is 0 Å². The van der Waals surface area contributed by atoms with Crippen LogP contribution in [-0.4, -0.2) is 31.1 Å². The quantitative estimate of drug-likeness (QED) is 0.846. The second-order valence-corrected chi connectivity index (χ2v) is 5.42. The van der Waals surface area contributed by atoms with Crippen molar-refractivity contribution in [2.75, 3.05) is 26.2 Å². The van der Waals surface area contributed by atoms with E-state index in [0.29, 0.717) is 0 Å². The molecule has 106 valence electrons. The first-order chi connectivity index (χ1) is 9.92. The van der Waals surface area contributed by atoms with Crippen molar-refractivity contribution in [3.8, 4) is 0 Å². The van der Waals surface area contributed by atoms with Crippen molar-refractivity contribution in [3.63, 3.8) is 0 Å². The summed E-state index contributed by atoms with van der Waals surface area (Å²) in [5, 5.41) is 3.47. The molecule has 0 spiro atoms. The summed E-state index contributed by atoms with van der Waals surface area (Å²) in [7, 11) is 0. The predicted octanol–water partition coefficient (Wildman–Crippen LogP) is 2.47. The molecule has 2 aromatic rings. The summed E-state index contributed by atoms with van der Waals surface area (Å²) in [5.41, 5.74) is 4.27. The lowest BCUT2D eigenvalue weighted by Crippen LogP contribution is -2.33. The molecule has 0 aliphatic carbocycles. The fourth-order valence-corrected chi connectivity index (χ4v) is 2.80. The van der Waals surface area contributed by atoms with Gasteiger partial charge < -0.3 is 14.6 Å². The molecule has 1 aliphatic rings. The van der Waals surface area contributed by atoms with Crippen LogP contribution in [-0.2, 0) is 19.4 Å². The number of nitrogens with one attached hydrogen (secondary N) is 1. The highest BCUT2D eigenvalue weighted by Crippen LogP contribution is 2.15. The van der Waals surface area contributed by atoms with E-state index in [4.69, 9.17) is 4.42 Å². The van der Waals surface area contributed by atoms with Gasteiger partial charge in [-0.3, -0.25) is 0 Å². The molecule has 1 aromatic heterocycles. The zero-order chi connectivity index (χ0) is 13.6. The predicted molar refractivity (Wildman–Crippen MR) is 80.7 cm³/mol. The smallest absolute Gasteiger partial charge is 0.0947 e. The first kappa shape index (κ1) is 13.4. The number of hydrogen-bond donors (Lipinski definition) is 1. The molecule has 0 amide bonds. The normalized spacial score (nSPS) is 15.8. The number of benzene rings is 1. The maximum atomic E-state index is 5.06. The number of nitrogens with zero attached hydrogens (tertiary/aromatic N) is 1. The second kappa shape index (κ2) is 6.73. The Balaban J connectivity index is 1.41. The average molecular weight is 270 g/mol. The average Bonchev–Trinajstić information content (AvgIpc) is 2.91. The van der Waals surface area contributed by atoms with Crippen molar-refractivity contribution < 1.29 is 4.42 Å². The van der Waals surface area contributed by atoms with Gasteiger partial charge in [0.1, 0.15) is 0 Å². The standard InChI is InChI=1S/C17H22N2O/c1-2-4-17-6-10-19(9-5-16(17)3-1)11-8-18-13-15-7-12-20-14-15/h1-4,7,12,14,18H,5-6,8-11,13H2. The summed E-state index contributed by atoms with van der Waals surface area (Å²) in [6.45, 7) is 5.38. The summed E-state index contributed by atoms with van der Waals surface area (Å²) in [6, 6.07) is 10.9. The van der Waals surface area contributed by atoms with Crippen molar-refractivity contribution in [3.05, 3.63) is 59.5 Å². The van der Waals surface area contributed by atoms with Gasteiger partial charge in [0.15, 0.2) is 0 Å². The molecule has 1 aliphatic heterocycles. The summed E-state index contributed by atoms with van der Waals surface area (Å²) < 4.78 is 5.06. The van der Waals surface area contributed by atoms with Gasteiger partial charge in [0, 0.05) is 38.3 Å². The molecule has 2 heterocycles. The minimum Gasteiger partial charge on any atom is -0.472 e. The lowest BCUT2D eigenvalue weighted by atomic mass is 10.0. The lowest BCUT2D eigenvalue weighted by molar-refractivity contribution is 0.286. The van der Waals surface area contributed by atoms with Crippen molar-refractivity contribution in [2.45, 2.75) is 19.4 Å². The number of rotatable bonds is 5. The van der Waals surface area contributed by atoms with Crippen LogP contribution in [0.2, 0.25) is 0 Å². The van der Waals surface area contributed by atoms with E-state index < -0.39 is 0 Å². The molecule has 0 radical (unpaired) electrons. The van der Waals surface area contributed by atoms with Gasteiger partial charge in [0.25, 0.3) is 0 Å². The van der Waals surface area contributed by atoms with Gasteiger partial charge in [-0.2, -0.15) is 0 Å². The van der Waals surface area contributed by atoms with Crippen LogP contribution >= 0.6 is 0 Å². The molecule has 0 saturated carbocycles. The van der Waals surface area contributed by atoms with E-state index in [9.17, 15) is 0 Å². The van der Waals surface area contributed by atoms with E-state index in [2.05, 4.69) is 34.5 Å². The van der Waals surface area contributed by atoms with Crippen LogP contribution in [0.1, 0.15) is 16.7 Å². The maximum absolute atomic E-state index is 5.06. The SMILES string of the molecule is c1ccc2c(c1)CCN(CCNCc1ccoc1)CC2. The monoisotopic (exact) mass is 270 g/mol. The van der Waals surface area contributed by atoms with Crippen molar-refractivity contribution >= 4 is 0 Å². The first-order valence-electron chi connectivity index (χ1n) is 7.43. The summed E-state index contributed by atoms with van der Waals surface area (Å²) in [5.74, 6) is 0. The Bertz CT molecular complexity index is 495. The van der Waals surface area contributed by atoms with E-state index >= 15 is 0 Å². The van der Waals surface area contributed by atoms with Gasteiger partial charge in [0.2, 0.25) is 0 Å². The molecule has 0 saturated heterocycles. The molecule has 0 atom stereocenters. The molecule has 3 rings (SSSR count). The van der Waals surface area contributed by atoms with Crippen LogP contribution < -0.4 is 5.32 Å². The highest BCUT2D eigenvalue weighted by Gasteiger charge is 2.12. The molecule has 3 heteroatoms. The van der Waals surface area contributed by atoms with Gasteiger partial charge in [-0.25, -0.2) is 0 Å². The molecule has 1 aromatic carbocycles. The van der Waals surface area contributed by atoms with Crippen LogP contribution in [0.3, 0.4) is 0 Å². The topological polar surface area (TPSA) is 28.4 Å². The molecule has 3 nitrogen and oxygen atoms in total. The molecule has 0 fully saturated rings. The third-order valence-electron chi connectivity index (χ3n) is 4.03. The zero-order valence-corrected chi connectivity index (χ0v) is 11.8. The number of hydrogen-bond acceptors (Lipinski definition) is 3. The van der Waals surface area contributed by atoms with Crippen molar-refractivity contribution in [1.29, 1.82) is 0 Å². The molecular formula is C17H22N2O. The van der Waals surface area contributed by atoms with E-state index in [-0.39, 0.29) is 0 Å². The minimum absolute atomic E-state index is 0.893. The lowest BCUT2D eigenvalue weighted by Gasteiger charge is -2.19. The third-order valence-corrected chi connectivity index (χ3v) is 4.03. The largest absolute Gasteiger partial charge is 0.472 e. The Morgan fingerprint density at radius 3 is 2.45 bits per heavy atom. The summed E-state index contributed by atoms with van der Waals surface area (Å²) in [4.78, 5) is 2.56. The molecule has 0 bridgehead atoms. The molecular weight excluding hydrogens is 248 g/mol. The summed E-state index contributed by atoms with van der Waals surface area (Å²) in [6.07, 6.45) is 5.88. The van der Waals surface area contributed by atoms with Gasteiger partial charge in [-0.1, -0.05) is 24.3 Å². The second-order valence-electron chi connectivity index (χ2n) is 5.42. The highest BCUT2D eigenvalue weighted by molar-refractivity contribution is 5.28. The molecule has 0 unspecified atom stereocenters. The minimum atomic E-state index is 0.893. The van der Waals surface area contributed by atoms with Crippen molar-refractivity contribution in [2.24, 2.45) is 0 Å². The Labute approximate surface area is 120 Å². The van der Waals surface area contributed by atoms with Crippen LogP contribution in [0.25, 0.3) is 0 Å². The van der Waals surface area contributed by atoms with E-state index in [0.717, 1.165) is 19.6 Å². The number of furan rings is 1. The highest BCUT2D eigenvalue weighted by atomic mass is 16.3. The van der Waals surface area contributed by atoms with E-state index in [1.165, 1.54) is 42.6 Å². The van der Waals surface area contributed by atoms with Gasteiger partial charge in [-0.15, -0.1) is 0 Å². The number of fused-ring (bicyclic) bond motifs is 1. The van der Waals surface area contributed by atoms with Crippen LogP contribution in [0.5, 0.6) is 0 Å². The Morgan fingerprint density at radius 2 is 1.80 bits per heavy atom. The van der Waals surface area contributed by atoms with Gasteiger partial charge in [-0.05, 0) is 30.0 Å². The van der Waals surface area contributed by atoms with Crippen LogP contribution in [0.4, 0.5) is 0 Å². The van der Waals surface area contributed by atoms with Gasteiger partial charge in [0.05, 0.1) is 12.5 Å². The maximum Gasteiger partial charge on any atom is 0.0947 e. The van der Waals surface area contributed by atoms with E-state index in [1.54, 1.807) is 12.5 Å². The molecule has 20 heavy (non-hydrogen) atoms.